The van der Waals surface area contributed by atoms with Crippen LogP contribution in [0.2, 0.25) is 0 Å². The van der Waals surface area contributed by atoms with Crippen molar-refractivity contribution in [3.05, 3.63) is 0 Å². The Labute approximate surface area is 186 Å². The molecule has 1 aliphatic rings. The van der Waals surface area contributed by atoms with Crippen molar-refractivity contribution in [1.29, 1.82) is 0 Å². The zero-order valence-electron chi connectivity index (χ0n) is 18.0. The normalized spacial score (nSPS) is 16.1. The van der Waals surface area contributed by atoms with Crippen LogP contribution in [0.1, 0.15) is 38.5 Å². The van der Waals surface area contributed by atoms with Crippen LogP contribution in [0.25, 0.3) is 0 Å². The van der Waals surface area contributed by atoms with E-state index >= 15 is 0 Å². The maximum absolute atomic E-state index is 10.2. The molecular weight excluding hydrogens is 426 g/mol. The SMILES string of the molecule is NC(N)=NCCCC(N)C(=O)O.NC(N)=NCCCC(N)C(=O)O.O=C(O)C1CCCN1. The minimum atomic E-state index is -1.00. The number of rotatable bonds is 11. The largest absolute Gasteiger partial charge is 0.480 e. The molecular formula is C17H37N9O6. The molecule has 0 radical (unpaired) electrons. The summed E-state index contributed by atoms with van der Waals surface area (Å²) in [6.07, 6.45) is 3.70. The fraction of sp³-hybridized carbons (Fsp3) is 0.706. The lowest BCUT2D eigenvalue weighted by molar-refractivity contribution is -0.139. The Kier molecular flexibility index (Phi) is 18.0. The second kappa shape index (κ2) is 18.6. The van der Waals surface area contributed by atoms with Gasteiger partial charge < -0.3 is 55.0 Å². The number of carbonyl (C=O) groups is 3. The summed E-state index contributed by atoms with van der Waals surface area (Å²) in [5.74, 6) is -2.69. The smallest absolute Gasteiger partial charge is 0.320 e. The summed E-state index contributed by atoms with van der Waals surface area (Å²) in [5.41, 5.74) is 30.6. The molecule has 0 spiro atoms. The Bertz CT molecular complexity index is 576. The number of guanidine groups is 2. The van der Waals surface area contributed by atoms with Gasteiger partial charge in [-0.3, -0.25) is 24.4 Å². The number of nitrogens with one attached hydrogen (secondary N) is 1. The van der Waals surface area contributed by atoms with E-state index in [9.17, 15) is 14.4 Å². The van der Waals surface area contributed by atoms with Gasteiger partial charge in [0.25, 0.3) is 0 Å². The predicted molar refractivity (Wildman–Crippen MR) is 120 cm³/mol. The highest BCUT2D eigenvalue weighted by molar-refractivity contribution is 5.76. The molecule has 1 saturated heterocycles. The number of carboxylic acids is 3. The first-order valence-corrected chi connectivity index (χ1v) is 9.92. The minimum absolute atomic E-state index is 0.0129. The highest BCUT2D eigenvalue weighted by Gasteiger charge is 2.20. The highest BCUT2D eigenvalue weighted by Crippen LogP contribution is 2.03. The van der Waals surface area contributed by atoms with Crippen LogP contribution in [0.4, 0.5) is 0 Å². The van der Waals surface area contributed by atoms with E-state index in [1.54, 1.807) is 0 Å². The van der Waals surface area contributed by atoms with Gasteiger partial charge in [0.05, 0.1) is 0 Å². The molecule has 0 aromatic carbocycles. The first-order valence-electron chi connectivity index (χ1n) is 9.92. The Morgan fingerprint density at radius 2 is 1.25 bits per heavy atom. The molecule has 1 heterocycles. The first-order chi connectivity index (χ1) is 14.9. The summed E-state index contributed by atoms with van der Waals surface area (Å²) in [6.45, 7) is 1.70. The van der Waals surface area contributed by atoms with Crippen LogP contribution in [0.15, 0.2) is 9.98 Å². The number of aliphatic carboxylic acids is 3. The minimum Gasteiger partial charge on any atom is -0.480 e. The topological polar surface area (TPSA) is 305 Å². The summed E-state index contributed by atoms with van der Waals surface area (Å²) in [5, 5.41) is 28.0. The molecule has 1 fully saturated rings. The Morgan fingerprint density at radius 3 is 1.47 bits per heavy atom. The number of aliphatic imine (C=N–C) groups is 2. The number of nitrogens with zero attached hydrogens (tertiary/aromatic N) is 2. The van der Waals surface area contributed by atoms with Crippen molar-refractivity contribution in [3.8, 4) is 0 Å². The second-order valence-electron chi connectivity index (χ2n) is 6.77. The molecule has 0 aliphatic carbocycles. The van der Waals surface area contributed by atoms with Gasteiger partial charge in [0.1, 0.15) is 18.1 Å². The third-order valence-electron chi connectivity index (χ3n) is 3.93. The molecule has 0 aromatic rings. The van der Waals surface area contributed by atoms with Gasteiger partial charge in [-0.05, 0) is 45.1 Å². The predicted octanol–water partition coefficient (Wildman–Crippen LogP) is -3.27. The van der Waals surface area contributed by atoms with Crippen molar-refractivity contribution in [1.82, 2.24) is 5.32 Å². The van der Waals surface area contributed by atoms with Gasteiger partial charge >= 0.3 is 17.9 Å². The molecule has 0 bridgehead atoms. The molecule has 32 heavy (non-hydrogen) atoms. The van der Waals surface area contributed by atoms with Crippen molar-refractivity contribution in [2.24, 2.45) is 44.4 Å². The van der Waals surface area contributed by atoms with Gasteiger partial charge in [0.2, 0.25) is 0 Å². The highest BCUT2D eigenvalue weighted by atomic mass is 16.4. The standard InChI is InChI=1S/2C6H14N4O2.C5H9NO2/c2*7-4(5(11)12)2-1-3-10-6(8)9;7-5(8)4-2-1-3-6-4/h2*4H,1-3,7H2,(H,11,12)(H4,8,9,10);4,6H,1-3H2,(H,7,8). The van der Waals surface area contributed by atoms with Gasteiger partial charge in [0, 0.05) is 13.1 Å². The molecule has 15 nitrogen and oxygen atoms in total. The van der Waals surface area contributed by atoms with Crippen LogP contribution in [-0.4, -0.2) is 82.9 Å². The molecule has 0 amide bonds. The van der Waals surface area contributed by atoms with Crippen LogP contribution in [-0.2, 0) is 14.4 Å². The van der Waals surface area contributed by atoms with E-state index in [1.807, 2.05) is 0 Å². The fourth-order valence-corrected chi connectivity index (χ4v) is 2.18. The molecule has 0 saturated carbocycles. The van der Waals surface area contributed by atoms with E-state index < -0.39 is 30.0 Å². The molecule has 1 aliphatic heterocycles. The van der Waals surface area contributed by atoms with E-state index in [4.69, 9.17) is 49.7 Å². The third-order valence-corrected chi connectivity index (χ3v) is 3.93. The van der Waals surface area contributed by atoms with Crippen molar-refractivity contribution >= 4 is 29.8 Å². The van der Waals surface area contributed by atoms with Gasteiger partial charge in [-0.15, -0.1) is 0 Å². The van der Waals surface area contributed by atoms with Gasteiger partial charge in [-0.1, -0.05) is 0 Å². The summed E-state index contributed by atoms with van der Waals surface area (Å²) in [6, 6.07) is -1.91. The van der Waals surface area contributed by atoms with Crippen molar-refractivity contribution in [3.63, 3.8) is 0 Å². The second-order valence-corrected chi connectivity index (χ2v) is 6.77. The van der Waals surface area contributed by atoms with Crippen LogP contribution in [0.3, 0.4) is 0 Å². The Hall–Kier alpha value is -3.17. The van der Waals surface area contributed by atoms with Crippen LogP contribution >= 0.6 is 0 Å². The van der Waals surface area contributed by atoms with Gasteiger partial charge in [-0.2, -0.15) is 0 Å². The summed E-state index contributed by atoms with van der Waals surface area (Å²) < 4.78 is 0. The maximum Gasteiger partial charge on any atom is 0.320 e. The van der Waals surface area contributed by atoms with Crippen LogP contribution < -0.4 is 39.7 Å². The number of nitrogens with two attached hydrogens (primary N) is 6. The molecule has 16 N–H and O–H groups in total. The first kappa shape index (κ1) is 31.0. The zero-order valence-corrected chi connectivity index (χ0v) is 18.0. The maximum atomic E-state index is 10.2. The lowest BCUT2D eigenvalue weighted by atomic mass is 10.2. The van der Waals surface area contributed by atoms with E-state index in [2.05, 4.69) is 15.3 Å². The van der Waals surface area contributed by atoms with E-state index in [1.165, 1.54) is 0 Å². The Balaban J connectivity index is 0. The third kappa shape index (κ3) is 20.1. The fourth-order valence-electron chi connectivity index (χ4n) is 2.18. The molecule has 0 aromatic heterocycles. The monoisotopic (exact) mass is 463 g/mol. The van der Waals surface area contributed by atoms with E-state index in [-0.39, 0.29) is 18.0 Å². The lowest BCUT2D eigenvalue weighted by Crippen LogP contribution is -2.30. The van der Waals surface area contributed by atoms with Gasteiger partial charge in [0.15, 0.2) is 11.9 Å². The molecule has 15 heteroatoms. The quantitative estimate of drug-likeness (QED) is 0.0817. The lowest BCUT2D eigenvalue weighted by Gasteiger charge is -2.03. The average molecular weight is 464 g/mol. The van der Waals surface area contributed by atoms with E-state index in [0.717, 1.165) is 19.4 Å². The molecule has 3 unspecified atom stereocenters. The zero-order chi connectivity index (χ0) is 25.1. The van der Waals surface area contributed by atoms with Crippen LogP contribution in [0, 0.1) is 0 Å². The summed E-state index contributed by atoms with van der Waals surface area (Å²) in [7, 11) is 0. The Morgan fingerprint density at radius 1 is 0.844 bits per heavy atom. The molecule has 186 valence electrons. The number of hydrogen-bond acceptors (Lipinski definition) is 8. The molecule has 1 rings (SSSR count). The van der Waals surface area contributed by atoms with Crippen molar-refractivity contribution in [2.45, 2.75) is 56.7 Å². The summed E-state index contributed by atoms with van der Waals surface area (Å²) >= 11 is 0. The van der Waals surface area contributed by atoms with Crippen molar-refractivity contribution in [2.75, 3.05) is 19.6 Å². The summed E-state index contributed by atoms with van der Waals surface area (Å²) in [4.78, 5) is 37.9. The molecule has 3 atom stereocenters. The number of carboxylic acid groups (broad SMARTS) is 3. The van der Waals surface area contributed by atoms with Crippen LogP contribution in [0.5, 0.6) is 0 Å². The van der Waals surface area contributed by atoms with Gasteiger partial charge in [-0.25, -0.2) is 0 Å². The van der Waals surface area contributed by atoms with E-state index in [0.29, 0.717) is 38.8 Å². The van der Waals surface area contributed by atoms with Crippen molar-refractivity contribution < 1.29 is 29.7 Å². The average Bonchev–Trinajstić information content (AvgIpc) is 3.24. The number of hydrogen-bond donors (Lipinski definition) is 10.